The van der Waals surface area contributed by atoms with Gasteiger partial charge in [-0.2, -0.15) is 0 Å². The van der Waals surface area contributed by atoms with Crippen molar-refractivity contribution in [1.29, 1.82) is 0 Å². The first-order chi connectivity index (χ1) is 14.9. The zero-order valence-corrected chi connectivity index (χ0v) is 19.4. The van der Waals surface area contributed by atoms with E-state index in [1.165, 1.54) is 0 Å². The molecule has 0 spiro atoms. The van der Waals surface area contributed by atoms with Gasteiger partial charge in [-0.25, -0.2) is 4.98 Å². The summed E-state index contributed by atoms with van der Waals surface area (Å²) in [5.41, 5.74) is 1.12. The number of carbonyl (C=O) groups is 1. The Morgan fingerprint density at radius 2 is 1.87 bits per heavy atom. The molecule has 0 aliphatic rings. The predicted molar refractivity (Wildman–Crippen MR) is 127 cm³/mol. The fourth-order valence-electron chi connectivity index (χ4n) is 3.84. The number of nitrogens with zero attached hydrogens (tertiary/aromatic N) is 3. The van der Waals surface area contributed by atoms with Crippen LogP contribution in [0, 0.1) is 5.92 Å². The third-order valence-electron chi connectivity index (χ3n) is 5.50. The second-order valence-electron chi connectivity index (χ2n) is 8.15. The molecule has 0 bridgehead atoms. The van der Waals surface area contributed by atoms with E-state index in [-0.39, 0.29) is 17.5 Å². The van der Waals surface area contributed by atoms with Crippen LogP contribution in [0.1, 0.15) is 58.8 Å². The van der Waals surface area contributed by atoms with E-state index in [1.807, 2.05) is 49.1 Å². The number of hydrogen-bond acceptors (Lipinski definition) is 3. The average molecular weight is 440 g/mol. The number of para-hydroxylation sites is 1. The molecule has 0 aliphatic heterocycles. The smallest absolute Gasteiger partial charge is 0.266 e. The highest BCUT2D eigenvalue weighted by molar-refractivity contribution is 6.30. The zero-order chi connectivity index (χ0) is 22.5. The molecule has 3 aromatic rings. The van der Waals surface area contributed by atoms with E-state index in [9.17, 15) is 9.59 Å². The summed E-state index contributed by atoms with van der Waals surface area (Å²) in [5, 5.41) is 1.08. The number of fused-ring (bicyclic) bond motifs is 1. The summed E-state index contributed by atoms with van der Waals surface area (Å²) in [6.07, 6.45) is 1.94. The van der Waals surface area contributed by atoms with Crippen LogP contribution in [0.2, 0.25) is 5.02 Å². The van der Waals surface area contributed by atoms with Crippen LogP contribution >= 0.6 is 11.6 Å². The van der Waals surface area contributed by atoms with Crippen LogP contribution in [0.5, 0.6) is 0 Å². The number of rotatable bonds is 8. The summed E-state index contributed by atoms with van der Waals surface area (Å²) in [6, 6.07) is 14.2. The lowest BCUT2D eigenvalue weighted by atomic mass is 10.1. The van der Waals surface area contributed by atoms with Crippen LogP contribution in [0.4, 0.5) is 0 Å². The zero-order valence-electron chi connectivity index (χ0n) is 18.6. The lowest BCUT2D eigenvalue weighted by Gasteiger charge is -2.33. The molecule has 1 aromatic heterocycles. The third-order valence-corrected chi connectivity index (χ3v) is 5.73. The second-order valence-corrected chi connectivity index (χ2v) is 8.59. The average Bonchev–Trinajstić information content (AvgIpc) is 2.76. The molecule has 0 saturated heterocycles. The molecule has 0 aliphatic carbocycles. The largest absolute Gasteiger partial charge is 0.333 e. The molecular weight excluding hydrogens is 410 g/mol. The first-order valence-corrected chi connectivity index (χ1v) is 11.3. The topological polar surface area (TPSA) is 55.2 Å². The molecule has 1 unspecified atom stereocenters. The first-order valence-electron chi connectivity index (χ1n) is 10.9. The molecule has 164 valence electrons. The number of aromatic nitrogens is 2. The minimum atomic E-state index is -0.317. The van der Waals surface area contributed by atoms with Gasteiger partial charge in [-0.05, 0) is 49.1 Å². The third kappa shape index (κ3) is 4.99. The van der Waals surface area contributed by atoms with Crippen molar-refractivity contribution in [1.82, 2.24) is 14.5 Å². The molecule has 2 aromatic carbocycles. The number of hydrogen-bond donors (Lipinski definition) is 0. The van der Waals surface area contributed by atoms with Gasteiger partial charge in [0.05, 0.1) is 22.6 Å². The molecule has 1 amide bonds. The number of amides is 1. The van der Waals surface area contributed by atoms with E-state index in [2.05, 4.69) is 13.8 Å². The highest BCUT2D eigenvalue weighted by Gasteiger charge is 2.28. The Kier molecular flexibility index (Phi) is 7.50. The molecule has 3 rings (SSSR count). The number of carbonyl (C=O) groups excluding carboxylic acids is 1. The lowest BCUT2D eigenvalue weighted by molar-refractivity contribution is -0.133. The van der Waals surface area contributed by atoms with Gasteiger partial charge in [-0.3, -0.25) is 14.2 Å². The molecule has 1 atom stereocenters. The molecule has 1 heterocycles. The van der Waals surface area contributed by atoms with Crippen LogP contribution in [0.15, 0.2) is 53.3 Å². The highest BCUT2D eigenvalue weighted by Crippen LogP contribution is 2.28. The molecule has 0 saturated carbocycles. The van der Waals surface area contributed by atoms with E-state index >= 15 is 0 Å². The van der Waals surface area contributed by atoms with Crippen molar-refractivity contribution in [2.24, 2.45) is 5.92 Å². The van der Waals surface area contributed by atoms with Crippen LogP contribution in [0.3, 0.4) is 0 Å². The maximum absolute atomic E-state index is 13.6. The number of benzene rings is 2. The predicted octanol–water partition coefficient (Wildman–Crippen LogP) is 5.77. The van der Waals surface area contributed by atoms with Gasteiger partial charge in [0.25, 0.3) is 5.56 Å². The second kappa shape index (κ2) is 10.1. The summed E-state index contributed by atoms with van der Waals surface area (Å²) in [6.45, 7) is 8.81. The molecule has 0 radical (unpaired) electrons. The van der Waals surface area contributed by atoms with Crippen molar-refractivity contribution >= 4 is 28.4 Å². The maximum atomic E-state index is 13.6. The SMILES string of the molecule is CCC(=O)N(CCC(C)C)C(CC)c1nc2ccccc2c(=O)n1-c1cccc(Cl)c1. The fourth-order valence-corrected chi connectivity index (χ4v) is 4.02. The Morgan fingerprint density at radius 3 is 2.52 bits per heavy atom. The van der Waals surface area contributed by atoms with Crippen molar-refractivity contribution in [3.05, 3.63) is 69.7 Å². The van der Waals surface area contributed by atoms with Crippen molar-refractivity contribution in [3.63, 3.8) is 0 Å². The normalized spacial score (nSPS) is 12.3. The Balaban J connectivity index is 2.27. The van der Waals surface area contributed by atoms with E-state index < -0.39 is 0 Å². The molecule has 0 N–H and O–H groups in total. The maximum Gasteiger partial charge on any atom is 0.266 e. The standard InChI is InChI=1S/C25H30ClN3O2/c1-5-22(28(23(30)6-2)15-14-17(3)4)24-27-21-13-8-7-12-20(21)25(31)29(24)19-11-9-10-18(26)16-19/h7-13,16-17,22H,5-6,14-15H2,1-4H3. The Labute approximate surface area is 188 Å². The van der Waals surface area contributed by atoms with Crippen molar-refractivity contribution in [3.8, 4) is 5.69 Å². The van der Waals surface area contributed by atoms with Gasteiger partial charge < -0.3 is 4.90 Å². The summed E-state index contributed by atoms with van der Waals surface area (Å²) < 4.78 is 1.62. The van der Waals surface area contributed by atoms with Crippen molar-refractivity contribution in [2.45, 2.75) is 53.0 Å². The molecule has 6 heteroatoms. The monoisotopic (exact) mass is 439 g/mol. The Hall–Kier alpha value is -2.66. The van der Waals surface area contributed by atoms with Crippen molar-refractivity contribution < 1.29 is 4.79 Å². The van der Waals surface area contributed by atoms with Crippen LogP contribution in [-0.2, 0) is 4.79 Å². The Morgan fingerprint density at radius 1 is 1.13 bits per heavy atom. The van der Waals surface area contributed by atoms with Gasteiger partial charge in [0.1, 0.15) is 5.82 Å². The van der Waals surface area contributed by atoms with Crippen LogP contribution < -0.4 is 5.56 Å². The summed E-state index contributed by atoms with van der Waals surface area (Å²) >= 11 is 6.25. The van der Waals surface area contributed by atoms with Crippen LogP contribution in [0.25, 0.3) is 16.6 Å². The van der Waals surface area contributed by atoms with E-state index in [1.54, 1.807) is 22.8 Å². The van der Waals surface area contributed by atoms with Gasteiger partial charge in [0, 0.05) is 18.0 Å². The molecule has 0 fully saturated rings. The van der Waals surface area contributed by atoms with Crippen LogP contribution in [-0.4, -0.2) is 26.9 Å². The molecule has 31 heavy (non-hydrogen) atoms. The first kappa shape index (κ1) is 23.0. The summed E-state index contributed by atoms with van der Waals surface area (Å²) in [4.78, 5) is 33.3. The van der Waals surface area contributed by atoms with Crippen molar-refractivity contribution in [2.75, 3.05) is 6.54 Å². The fraction of sp³-hybridized carbons (Fsp3) is 0.400. The Bertz CT molecular complexity index is 1120. The minimum absolute atomic E-state index is 0.0625. The quantitative estimate of drug-likeness (QED) is 0.447. The number of halogens is 1. The highest BCUT2D eigenvalue weighted by atomic mass is 35.5. The lowest BCUT2D eigenvalue weighted by Crippen LogP contribution is -2.39. The van der Waals surface area contributed by atoms with Gasteiger partial charge >= 0.3 is 0 Å². The van der Waals surface area contributed by atoms with Gasteiger partial charge in [-0.15, -0.1) is 0 Å². The van der Waals surface area contributed by atoms with E-state index in [0.717, 1.165) is 6.42 Å². The van der Waals surface area contributed by atoms with Gasteiger partial charge in [0.15, 0.2) is 0 Å². The van der Waals surface area contributed by atoms with E-state index in [4.69, 9.17) is 16.6 Å². The molecular formula is C25H30ClN3O2. The van der Waals surface area contributed by atoms with Gasteiger partial charge in [-0.1, -0.05) is 57.5 Å². The minimum Gasteiger partial charge on any atom is -0.333 e. The molecule has 5 nitrogen and oxygen atoms in total. The summed E-state index contributed by atoms with van der Waals surface area (Å²) in [5.74, 6) is 1.09. The van der Waals surface area contributed by atoms with Gasteiger partial charge in [0.2, 0.25) is 5.91 Å². The summed E-state index contributed by atoms with van der Waals surface area (Å²) in [7, 11) is 0. The van der Waals surface area contributed by atoms with E-state index in [0.29, 0.717) is 52.7 Å².